The smallest absolute Gasteiger partial charge is 0.0989 e. The molecule has 14 heavy (non-hydrogen) atoms. The predicted molar refractivity (Wildman–Crippen MR) is 60.9 cm³/mol. The third-order valence-electron chi connectivity index (χ3n) is 3.05. The molecule has 0 atom stereocenters. The Labute approximate surface area is 93.7 Å². The van der Waals surface area contributed by atoms with Crippen molar-refractivity contribution >= 4 is 22.9 Å². The summed E-state index contributed by atoms with van der Waals surface area (Å²) in [5.74, 6) is 0. The molecule has 1 heterocycles. The van der Waals surface area contributed by atoms with Gasteiger partial charge in [0.05, 0.1) is 9.94 Å². The molecule has 0 aromatic carbocycles. The molecule has 0 unspecified atom stereocenters. The Morgan fingerprint density at radius 1 is 1.21 bits per heavy atom. The van der Waals surface area contributed by atoms with Gasteiger partial charge in [0.2, 0.25) is 0 Å². The normalized spacial score (nSPS) is 21.9. The van der Waals surface area contributed by atoms with Gasteiger partial charge in [-0.1, -0.05) is 37.3 Å². The van der Waals surface area contributed by atoms with E-state index in [9.17, 15) is 5.11 Å². The van der Waals surface area contributed by atoms with Gasteiger partial charge in [-0.15, -0.1) is 11.3 Å². The number of halogens is 1. The van der Waals surface area contributed by atoms with Crippen molar-refractivity contribution < 1.29 is 5.11 Å². The van der Waals surface area contributed by atoms with Crippen molar-refractivity contribution in [2.45, 2.75) is 44.1 Å². The number of hydrogen-bond acceptors (Lipinski definition) is 2. The first-order valence-electron chi connectivity index (χ1n) is 5.18. The molecule has 3 heteroatoms. The molecule has 0 bridgehead atoms. The summed E-state index contributed by atoms with van der Waals surface area (Å²) >= 11 is 7.58. The molecule has 1 fully saturated rings. The van der Waals surface area contributed by atoms with Gasteiger partial charge in [0.1, 0.15) is 0 Å². The van der Waals surface area contributed by atoms with Crippen LogP contribution in [0.15, 0.2) is 11.4 Å². The van der Waals surface area contributed by atoms with Gasteiger partial charge in [-0.3, -0.25) is 0 Å². The van der Waals surface area contributed by atoms with Crippen LogP contribution in [0.25, 0.3) is 0 Å². The zero-order chi connectivity index (χ0) is 10.0. The molecule has 0 aliphatic heterocycles. The fraction of sp³-hybridized carbons (Fsp3) is 0.636. The predicted octanol–water partition coefficient (Wildman–Crippen LogP) is 3.94. The van der Waals surface area contributed by atoms with Crippen LogP contribution in [0.2, 0.25) is 4.34 Å². The van der Waals surface area contributed by atoms with Crippen LogP contribution in [0, 0.1) is 0 Å². The number of aliphatic hydroxyl groups is 1. The van der Waals surface area contributed by atoms with E-state index in [4.69, 9.17) is 11.6 Å². The highest BCUT2D eigenvalue weighted by atomic mass is 35.5. The summed E-state index contributed by atoms with van der Waals surface area (Å²) < 4.78 is 0.759. The maximum atomic E-state index is 10.5. The maximum Gasteiger partial charge on any atom is 0.0989 e. The third-order valence-corrected chi connectivity index (χ3v) is 4.22. The average molecular weight is 231 g/mol. The van der Waals surface area contributed by atoms with Crippen molar-refractivity contribution in [2.75, 3.05) is 0 Å². The minimum atomic E-state index is -0.645. The van der Waals surface area contributed by atoms with Crippen LogP contribution in [0.5, 0.6) is 0 Å². The van der Waals surface area contributed by atoms with Gasteiger partial charge in [-0.25, -0.2) is 0 Å². The Balaban J connectivity index is 2.25. The van der Waals surface area contributed by atoms with Crippen molar-refractivity contribution in [3.63, 3.8) is 0 Å². The highest BCUT2D eigenvalue weighted by Gasteiger charge is 2.32. The topological polar surface area (TPSA) is 20.2 Å². The molecule has 0 amide bonds. The molecule has 1 nitrogen and oxygen atoms in total. The van der Waals surface area contributed by atoms with Crippen LogP contribution in [0.3, 0.4) is 0 Å². The standard InChI is InChI=1S/C11H15ClOS/c12-10-9(5-8-14-10)11(13)6-3-1-2-4-7-11/h5,8,13H,1-4,6-7H2. The molecule has 78 valence electrons. The lowest BCUT2D eigenvalue weighted by Crippen LogP contribution is -2.24. The van der Waals surface area contributed by atoms with Crippen LogP contribution in [0.1, 0.15) is 44.1 Å². The van der Waals surface area contributed by atoms with Crippen molar-refractivity contribution in [1.29, 1.82) is 0 Å². The zero-order valence-corrected chi connectivity index (χ0v) is 9.70. The Morgan fingerprint density at radius 2 is 1.86 bits per heavy atom. The van der Waals surface area contributed by atoms with E-state index in [0.717, 1.165) is 35.6 Å². The van der Waals surface area contributed by atoms with Crippen LogP contribution < -0.4 is 0 Å². The molecule has 1 saturated carbocycles. The van der Waals surface area contributed by atoms with Crippen molar-refractivity contribution in [2.24, 2.45) is 0 Å². The summed E-state index contributed by atoms with van der Waals surface area (Å²) in [6, 6.07) is 1.97. The zero-order valence-electron chi connectivity index (χ0n) is 8.13. The van der Waals surface area contributed by atoms with Gasteiger partial charge in [-0.2, -0.15) is 0 Å². The number of rotatable bonds is 1. The second-order valence-corrected chi connectivity index (χ2v) is 5.57. The summed E-state index contributed by atoms with van der Waals surface area (Å²) in [5, 5.41) is 12.5. The molecule has 0 radical (unpaired) electrons. The molecule has 1 aromatic rings. The Bertz CT molecular complexity index is 300. The SMILES string of the molecule is OC1(c2ccsc2Cl)CCCCCC1. The van der Waals surface area contributed by atoms with Crippen LogP contribution in [-0.2, 0) is 5.60 Å². The summed E-state index contributed by atoms with van der Waals surface area (Å²) in [7, 11) is 0. The van der Waals surface area contributed by atoms with Crippen LogP contribution in [-0.4, -0.2) is 5.11 Å². The van der Waals surface area contributed by atoms with Gasteiger partial charge in [0.25, 0.3) is 0 Å². The fourth-order valence-electron chi connectivity index (χ4n) is 2.21. The highest BCUT2D eigenvalue weighted by Crippen LogP contribution is 2.41. The van der Waals surface area contributed by atoms with Gasteiger partial charge in [-0.05, 0) is 24.3 Å². The Hall–Kier alpha value is -0.0500. The van der Waals surface area contributed by atoms with Crippen molar-refractivity contribution in [3.05, 3.63) is 21.3 Å². The van der Waals surface area contributed by atoms with Gasteiger partial charge >= 0.3 is 0 Å². The van der Waals surface area contributed by atoms with Gasteiger partial charge < -0.3 is 5.11 Å². The molecule has 1 aromatic heterocycles. The van der Waals surface area contributed by atoms with E-state index in [1.165, 1.54) is 24.2 Å². The summed E-state index contributed by atoms with van der Waals surface area (Å²) in [5.41, 5.74) is 0.305. The molecule has 1 aliphatic rings. The lowest BCUT2D eigenvalue weighted by atomic mass is 9.88. The van der Waals surface area contributed by atoms with Crippen LogP contribution >= 0.6 is 22.9 Å². The van der Waals surface area contributed by atoms with E-state index in [-0.39, 0.29) is 0 Å². The van der Waals surface area contributed by atoms with Gasteiger partial charge in [0, 0.05) is 5.56 Å². The molecule has 2 rings (SSSR count). The first kappa shape index (κ1) is 10.5. The minimum absolute atomic E-state index is 0.645. The molecule has 0 spiro atoms. The first-order valence-corrected chi connectivity index (χ1v) is 6.44. The highest BCUT2D eigenvalue weighted by molar-refractivity contribution is 7.14. The molecule has 0 saturated heterocycles. The molecular weight excluding hydrogens is 216 g/mol. The largest absolute Gasteiger partial charge is 0.385 e. The first-order chi connectivity index (χ1) is 6.72. The fourth-order valence-corrected chi connectivity index (χ4v) is 3.31. The summed E-state index contributed by atoms with van der Waals surface area (Å²) in [6.07, 6.45) is 6.44. The lowest BCUT2D eigenvalue weighted by Gasteiger charge is -2.26. The van der Waals surface area contributed by atoms with Crippen molar-refractivity contribution in [1.82, 2.24) is 0 Å². The van der Waals surface area contributed by atoms with Crippen molar-refractivity contribution in [3.8, 4) is 0 Å². The van der Waals surface area contributed by atoms with Gasteiger partial charge in [0.15, 0.2) is 0 Å². The Morgan fingerprint density at radius 3 is 2.36 bits per heavy atom. The Kier molecular flexibility index (Phi) is 3.15. The van der Waals surface area contributed by atoms with E-state index in [0.29, 0.717) is 0 Å². The van der Waals surface area contributed by atoms with Crippen LogP contribution in [0.4, 0.5) is 0 Å². The van der Waals surface area contributed by atoms with E-state index in [1.54, 1.807) is 0 Å². The van der Waals surface area contributed by atoms with E-state index in [2.05, 4.69) is 0 Å². The summed E-state index contributed by atoms with van der Waals surface area (Å²) in [6.45, 7) is 0. The van der Waals surface area contributed by atoms with E-state index >= 15 is 0 Å². The second kappa shape index (κ2) is 4.21. The number of hydrogen-bond donors (Lipinski definition) is 1. The number of thiophene rings is 1. The molecule has 1 aliphatic carbocycles. The average Bonchev–Trinajstić information content (AvgIpc) is 2.46. The maximum absolute atomic E-state index is 10.5. The monoisotopic (exact) mass is 230 g/mol. The third kappa shape index (κ3) is 1.97. The lowest BCUT2D eigenvalue weighted by molar-refractivity contribution is 0.0212. The minimum Gasteiger partial charge on any atom is -0.385 e. The van der Waals surface area contributed by atoms with E-state index < -0.39 is 5.60 Å². The molecule has 1 N–H and O–H groups in total. The van der Waals surface area contributed by atoms with E-state index in [1.807, 2.05) is 11.4 Å². The second-order valence-electron chi connectivity index (χ2n) is 4.05. The quantitative estimate of drug-likeness (QED) is 0.725. The molecular formula is C11H15ClOS. The summed E-state index contributed by atoms with van der Waals surface area (Å²) in [4.78, 5) is 0.